The van der Waals surface area contributed by atoms with Gasteiger partial charge in [-0.25, -0.2) is 18.7 Å². The van der Waals surface area contributed by atoms with Crippen molar-refractivity contribution in [2.45, 2.75) is 13.3 Å². The summed E-state index contributed by atoms with van der Waals surface area (Å²) in [6.45, 7) is 2.06. The predicted molar refractivity (Wildman–Crippen MR) is 105 cm³/mol. The second-order valence-electron chi connectivity index (χ2n) is 6.30. The third-order valence-corrected chi connectivity index (χ3v) is 4.10. The molecule has 6 nitrogen and oxygen atoms in total. The molecule has 1 amide bonds. The van der Waals surface area contributed by atoms with Crippen LogP contribution in [0.25, 0.3) is 0 Å². The van der Waals surface area contributed by atoms with Gasteiger partial charge in [-0.1, -0.05) is 12.1 Å². The van der Waals surface area contributed by atoms with E-state index in [9.17, 15) is 13.6 Å². The van der Waals surface area contributed by atoms with Crippen LogP contribution in [0.1, 0.15) is 21.9 Å². The minimum Gasteiger partial charge on any atom is -0.497 e. The predicted octanol–water partition coefficient (Wildman–Crippen LogP) is 3.79. The summed E-state index contributed by atoms with van der Waals surface area (Å²) in [6, 6.07) is 12.5. The Kier molecular flexibility index (Phi) is 6.33. The molecule has 2 N–H and O–H groups in total. The average Bonchev–Trinajstić information content (AvgIpc) is 2.70. The summed E-state index contributed by atoms with van der Waals surface area (Å²) in [4.78, 5) is 20.8. The molecule has 0 saturated heterocycles. The second-order valence-corrected chi connectivity index (χ2v) is 6.30. The van der Waals surface area contributed by atoms with Crippen LogP contribution < -0.4 is 15.4 Å². The highest BCUT2D eigenvalue weighted by Crippen LogP contribution is 2.18. The largest absolute Gasteiger partial charge is 0.497 e. The van der Waals surface area contributed by atoms with E-state index in [2.05, 4.69) is 20.6 Å². The van der Waals surface area contributed by atoms with E-state index in [4.69, 9.17) is 4.74 Å². The molecule has 1 heterocycles. The Morgan fingerprint density at radius 1 is 1.07 bits per heavy atom. The van der Waals surface area contributed by atoms with Crippen molar-refractivity contribution in [2.75, 3.05) is 19.0 Å². The van der Waals surface area contributed by atoms with Crippen LogP contribution in [0.2, 0.25) is 0 Å². The Morgan fingerprint density at radius 3 is 2.66 bits per heavy atom. The van der Waals surface area contributed by atoms with Crippen LogP contribution in [-0.4, -0.2) is 29.5 Å². The van der Waals surface area contributed by atoms with E-state index in [0.29, 0.717) is 30.3 Å². The van der Waals surface area contributed by atoms with Gasteiger partial charge in [0.15, 0.2) is 11.6 Å². The van der Waals surface area contributed by atoms with E-state index in [1.807, 2.05) is 24.3 Å². The first-order chi connectivity index (χ1) is 13.9. The summed E-state index contributed by atoms with van der Waals surface area (Å²) in [5, 5.41) is 5.66. The molecule has 29 heavy (non-hydrogen) atoms. The maximum Gasteiger partial charge on any atom is 0.270 e. The highest BCUT2D eigenvalue weighted by molar-refractivity contribution is 5.93. The second kappa shape index (κ2) is 9.09. The number of rotatable bonds is 7. The van der Waals surface area contributed by atoms with Crippen molar-refractivity contribution in [2.24, 2.45) is 0 Å². The van der Waals surface area contributed by atoms with E-state index < -0.39 is 11.6 Å². The van der Waals surface area contributed by atoms with Gasteiger partial charge in [-0.3, -0.25) is 4.79 Å². The Labute approximate surface area is 167 Å². The minimum atomic E-state index is -0.976. The maximum absolute atomic E-state index is 13.4. The lowest BCUT2D eigenvalue weighted by molar-refractivity contribution is 0.0949. The Bertz CT molecular complexity index is 1030. The molecular formula is C21H20F2N4O2. The first-order valence-electron chi connectivity index (χ1n) is 8.93. The number of hydrogen-bond acceptors (Lipinski definition) is 5. The van der Waals surface area contributed by atoms with E-state index >= 15 is 0 Å². The Balaban J connectivity index is 1.64. The molecular weight excluding hydrogens is 378 g/mol. The number of nitrogens with one attached hydrogen (secondary N) is 2. The van der Waals surface area contributed by atoms with Crippen LogP contribution in [-0.2, 0) is 6.42 Å². The lowest BCUT2D eigenvalue weighted by atomic mass is 10.1. The fraction of sp³-hybridized carbons (Fsp3) is 0.190. The normalized spacial score (nSPS) is 10.5. The fourth-order valence-electron chi connectivity index (χ4n) is 2.71. The lowest BCUT2D eigenvalue weighted by Crippen LogP contribution is -2.27. The third-order valence-electron chi connectivity index (χ3n) is 4.10. The molecule has 1 aromatic heterocycles. The molecule has 0 aliphatic carbocycles. The number of ether oxygens (including phenoxy) is 1. The van der Waals surface area contributed by atoms with Gasteiger partial charge in [-0.2, -0.15) is 0 Å². The molecule has 0 aliphatic heterocycles. The van der Waals surface area contributed by atoms with Crippen LogP contribution in [0.5, 0.6) is 5.75 Å². The SMILES string of the molecule is COc1cccc(CCNC(=O)c2cc(Nc3ccc(F)c(F)c3)nc(C)n2)c1. The Hall–Kier alpha value is -3.55. The Morgan fingerprint density at radius 2 is 1.90 bits per heavy atom. The topological polar surface area (TPSA) is 76.1 Å². The van der Waals surface area contributed by atoms with Crippen LogP contribution in [0.3, 0.4) is 0 Å². The number of hydrogen-bond donors (Lipinski definition) is 2. The number of halogens is 2. The summed E-state index contributed by atoms with van der Waals surface area (Å²) in [5.74, 6) is -0.835. The van der Waals surface area contributed by atoms with Gasteiger partial charge < -0.3 is 15.4 Å². The monoisotopic (exact) mass is 398 g/mol. The average molecular weight is 398 g/mol. The first-order valence-corrected chi connectivity index (χ1v) is 8.93. The van der Waals surface area contributed by atoms with Crippen molar-refractivity contribution >= 4 is 17.4 Å². The summed E-state index contributed by atoms with van der Waals surface area (Å²) in [6.07, 6.45) is 0.632. The maximum atomic E-state index is 13.4. The smallest absolute Gasteiger partial charge is 0.270 e. The number of anilines is 2. The molecule has 0 atom stereocenters. The van der Waals surface area contributed by atoms with Crippen LogP contribution in [0.15, 0.2) is 48.5 Å². The fourth-order valence-corrected chi connectivity index (χ4v) is 2.71. The van der Waals surface area contributed by atoms with Gasteiger partial charge in [-0.05, 0) is 43.2 Å². The van der Waals surface area contributed by atoms with Crippen LogP contribution >= 0.6 is 0 Å². The van der Waals surface area contributed by atoms with E-state index in [1.165, 1.54) is 12.1 Å². The number of amides is 1. The number of aryl methyl sites for hydroxylation is 1. The molecule has 8 heteroatoms. The molecule has 3 aromatic rings. The summed E-state index contributed by atoms with van der Waals surface area (Å²) >= 11 is 0. The van der Waals surface area contributed by atoms with Gasteiger partial charge in [0.2, 0.25) is 0 Å². The van der Waals surface area contributed by atoms with E-state index in [0.717, 1.165) is 23.4 Å². The van der Waals surface area contributed by atoms with Crippen molar-refractivity contribution in [3.05, 3.63) is 77.2 Å². The third kappa shape index (κ3) is 5.47. The van der Waals surface area contributed by atoms with Crippen LogP contribution in [0, 0.1) is 18.6 Å². The standard InChI is InChI=1S/C21H20F2N4O2/c1-13-25-19(12-20(26-13)27-15-6-7-17(22)18(23)11-15)21(28)24-9-8-14-4-3-5-16(10-14)29-2/h3-7,10-12H,8-9H2,1-2H3,(H,24,28)(H,25,26,27). The van der Waals surface area contributed by atoms with Crippen LogP contribution in [0.4, 0.5) is 20.3 Å². The number of benzene rings is 2. The quantitative estimate of drug-likeness (QED) is 0.633. The van der Waals surface area contributed by atoms with Crippen molar-refractivity contribution in [3.8, 4) is 5.75 Å². The first kappa shape index (κ1) is 20.2. The van der Waals surface area contributed by atoms with Crippen molar-refractivity contribution in [1.82, 2.24) is 15.3 Å². The molecule has 0 saturated carbocycles. The van der Waals surface area contributed by atoms with Crippen molar-refractivity contribution < 1.29 is 18.3 Å². The summed E-state index contributed by atoms with van der Waals surface area (Å²) in [7, 11) is 1.60. The van der Waals surface area contributed by atoms with E-state index in [-0.39, 0.29) is 11.6 Å². The van der Waals surface area contributed by atoms with Gasteiger partial charge in [0.05, 0.1) is 7.11 Å². The molecule has 0 aliphatic rings. The van der Waals surface area contributed by atoms with Crippen molar-refractivity contribution in [1.29, 1.82) is 0 Å². The zero-order valence-corrected chi connectivity index (χ0v) is 16.0. The molecule has 0 bridgehead atoms. The number of aromatic nitrogens is 2. The molecule has 0 spiro atoms. The lowest BCUT2D eigenvalue weighted by Gasteiger charge is -2.10. The molecule has 150 valence electrons. The van der Waals surface area contributed by atoms with Gasteiger partial charge in [0.1, 0.15) is 23.1 Å². The zero-order chi connectivity index (χ0) is 20.8. The van der Waals surface area contributed by atoms with Gasteiger partial charge in [0.25, 0.3) is 5.91 Å². The molecule has 0 radical (unpaired) electrons. The van der Waals surface area contributed by atoms with Crippen molar-refractivity contribution in [3.63, 3.8) is 0 Å². The molecule has 2 aromatic carbocycles. The minimum absolute atomic E-state index is 0.174. The number of nitrogens with zero attached hydrogens (tertiary/aromatic N) is 2. The van der Waals surface area contributed by atoms with E-state index in [1.54, 1.807) is 14.0 Å². The van der Waals surface area contributed by atoms with Gasteiger partial charge in [0, 0.05) is 24.4 Å². The van der Waals surface area contributed by atoms with Gasteiger partial charge in [-0.15, -0.1) is 0 Å². The summed E-state index contributed by atoms with van der Waals surface area (Å²) in [5.41, 5.74) is 1.52. The zero-order valence-electron chi connectivity index (χ0n) is 16.0. The highest BCUT2D eigenvalue weighted by Gasteiger charge is 2.11. The van der Waals surface area contributed by atoms with Gasteiger partial charge >= 0.3 is 0 Å². The number of methoxy groups -OCH3 is 1. The molecule has 0 unspecified atom stereocenters. The molecule has 3 rings (SSSR count). The molecule has 0 fully saturated rings. The summed E-state index contributed by atoms with van der Waals surface area (Å²) < 4.78 is 31.6. The number of carbonyl (C=O) groups is 1. The number of carbonyl (C=O) groups excluding carboxylic acids is 1. The highest BCUT2D eigenvalue weighted by atomic mass is 19.2.